The summed E-state index contributed by atoms with van der Waals surface area (Å²) in [5, 5.41) is 5.22. The SMILES string of the molecule is CO/N=C/[C@H](O[Si](C)(C)C)[C@@H](O[Si](C)(C)C)[C@H](O[Si](C)(C)C)[C@@H](COC(=O)Cc1cn([Si](C)(C)C)c2ccccc12)O[Si](C)(C)C. The molecule has 0 radical (unpaired) electrons. The molecule has 0 unspecified atom stereocenters. The lowest BCUT2D eigenvalue weighted by atomic mass is 10.0. The summed E-state index contributed by atoms with van der Waals surface area (Å²) in [7, 11) is -8.77. The topological polar surface area (TPSA) is 89.7 Å². The van der Waals surface area contributed by atoms with Crippen molar-refractivity contribution >= 4 is 64.6 Å². The van der Waals surface area contributed by atoms with Crippen molar-refractivity contribution in [2.24, 2.45) is 5.16 Å². The number of ether oxygens (including phenoxy) is 1. The molecule has 0 bridgehead atoms. The van der Waals surface area contributed by atoms with Gasteiger partial charge in [-0.25, -0.2) is 0 Å². The Morgan fingerprint density at radius 2 is 1.28 bits per heavy atom. The number of fused-ring (bicyclic) bond motifs is 1. The van der Waals surface area contributed by atoms with E-state index >= 15 is 0 Å². The van der Waals surface area contributed by atoms with E-state index < -0.39 is 65.9 Å². The molecule has 0 aliphatic rings. The summed E-state index contributed by atoms with van der Waals surface area (Å²) in [5.74, 6) is -0.298. The lowest BCUT2D eigenvalue weighted by Crippen LogP contribution is -2.59. The van der Waals surface area contributed by atoms with Crippen molar-refractivity contribution in [3.8, 4) is 0 Å². The van der Waals surface area contributed by atoms with Gasteiger partial charge in [0, 0.05) is 10.9 Å². The van der Waals surface area contributed by atoms with Crippen molar-refractivity contribution in [1.82, 2.24) is 4.23 Å². The Hall–Kier alpha value is -1.38. The molecule has 1 heterocycles. The number of benzene rings is 1. The number of rotatable bonds is 18. The quantitative estimate of drug-likeness (QED) is 0.0668. The van der Waals surface area contributed by atoms with E-state index in [0.29, 0.717) is 0 Å². The molecule has 9 nitrogen and oxygen atoms in total. The van der Waals surface area contributed by atoms with Crippen molar-refractivity contribution in [1.29, 1.82) is 0 Å². The van der Waals surface area contributed by atoms with Gasteiger partial charge < -0.3 is 31.5 Å². The maximum Gasteiger partial charge on any atom is 0.310 e. The van der Waals surface area contributed by atoms with Crippen LogP contribution in [0.25, 0.3) is 10.9 Å². The number of aromatic nitrogens is 1. The molecule has 0 saturated carbocycles. The van der Waals surface area contributed by atoms with Crippen LogP contribution in [0.2, 0.25) is 98.2 Å². The fourth-order valence-corrected chi connectivity index (χ4v) is 11.0. The van der Waals surface area contributed by atoms with Crippen LogP contribution in [0.15, 0.2) is 35.6 Å². The van der Waals surface area contributed by atoms with Crippen LogP contribution >= 0.6 is 0 Å². The van der Waals surface area contributed by atoms with E-state index in [0.717, 1.165) is 16.5 Å². The number of esters is 1. The molecule has 0 aliphatic carbocycles. The maximum absolute atomic E-state index is 13.6. The predicted molar refractivity (Wildman–Crippen MR) is 204 cm³/mol. The van der Waals surface area contributed by atoms with Gasteiger partial charge in [-0.1, -0.05) is 43.0 Å². The first kappa shape index (κ1) is 40.8. The van der Waals surface area contributed by atoms with Crippen molar-refractivity contribution in [2.75, 3.05) is 13.7 Å². The Morgan fingerprint density at radius 1 is 0.761 bits per heavy atom. The molecule has 2 aromatic rings. The van der Waals surface area contributed by atoms with Crippen LogP contribution in [-0.4, -0.2) is 96.1 Å². The normalized spacial score (nSPS) is 16.4. The van der Waals surface area contributed by atoms with Crippen LogP contribution in [-0.2, 0) is 38.5 Å². The number of hydrogen-bond acceptors (Lipinski definition) is 8. The monoisotopic (exact) mass is 726 g/mol. The molecule has 2 rings (SSSR count). The van der Waals surface area contributed by atoms with Gasteiger partial charge in [0.1, 0.15) is 38.1 Å². The molecule has 0 amide bonds. The van der Waals surface area contributed by atoms with Gasteiger partial charge in [-0.2, -0.15) is 0 Å². The molecule has 0 aliphatic heterocycles. The fourth-order valence-electron chi connectivity index (χ4n) is 5.18. The minimum absolute atomic E-state index is 0.0392. The summed E-state index contributed by atoms with van der Waals surface area (Å²) < 4.78 is 35.8. The molecule has 0 spiro atoms. The largest absolute Gasteiger partial charge is 0.463 e. The number of carbonyl (C=O) groups is 1. The Labute approximate surface area is 283 Å². The molecule has 0 saturated heterocycles. The summed E-state index contributed by atoms with van der Waals surface area (Å²) in [4.78, 5) is 18.7. The third-order valence-corrected chi connectivity index (χ3v) is 12.3. The maximum atomic E-state index is 13.6. The van der Waals surface area contributed by atoms with E-state index in [1.54, 1.807) is 6.21 Å². The first-order valence-electron chi connectivity index (χ1n) is 16.3. The fraction of sp³-hybridized carbons (Fsp3) is 0.688. The summed E-state index contributed by atoms with van der Waals surface area (Å²) in [6.07, 6.45) is 1.74. The Bertz CT molecular complexity index is 1300. The van der Waals surface area contributed by atoms with Gasteiger partial charge in [0.25, 0.3) is 0 Å². The van der Waals surface area contributed by atoms with Gasteiger partial charge in [0.2, 0.25) is 0 Å². The van der Waals surface area contributed by atoms with Crippen molar-refractivity contribution in [3.63, 3.8) is 0 Å². The standard InChI is InChI=1S/C32H62N2O7Si5/c1-36-33-22-28(38-43(5,6)7)31(40-45(11,12)13)32(41-46(14,15)16)29(39-44(8,9)10)24-37-30(35)21-25-23-34(42(2,3)4)27-20-18-17-19-26(25)27/h17-20,22-23,28-29,31-32H,21,24H2,1-16H3/b33-22+/t28-,29+,31+,32+/m0/s1. The highest BCUT2D eigenvalue weighted by atomic mass is 28.4. The van der Waals surface area contributed by atoms with E-state index in [4.69, 9.17) is 27.3 Å². The van der Waals surface area contributed by atoms with E-state index in [2.05, 4.69) is 126 Å². The van der Waals surface area contributed by atoms with E-state index in [1.165, 1.54) is 7.11 Å². The summed E-state index contributed by atoms with van der Waals surface area (Å²) in [6, 6.07) is 8.28. The molecular formula is C32H62N2O7Si5. The highest BCUT2D eigenvalue weighted by Gasteiger charge is 2.45. The van der Waals surface area contributed by atoms with Crippen LogP contribution in [0.4, 0.5) is 0 Å². The van der Waals surface area contributed by atoms with E-state index in [1.807, 2.05) is 12.1 Å². The number of para-hydroxylation sites is 1. The van der Waals surface area contributed by atoms with Crippen LogP contribution in [0.1, 0.15) is 5.56 Å². The minimum Gasteiger partial charge on any atom is -0.463 e. The Balaban J connectivity index is 2.55. The zero-order chi connectivity index (χ0) is 35.3. The lowest BCUT2D eigenvalue weighted by Gasteiger charge is -2.44. The van der Waals surface area contributed by atoms with Crippen LogP contribution in [0.5, 0.6) is 0 Å². The summed E-state index contributed by atoms with van der Waals surface area (Å²) in [5.41, 5.74) is 2.13. The second-order valence-electron chi connectivity index (χ2n) is 16.9. The highest BCUT2D eigenvalue weighted by molar-refractivity contribution is 6.75. The Kier molecular flexibility index (Phi) is 14.1. The molecule has 14 heteroatoms. The Morgan fingerprint density at radius 3 is 1.78 bits per heavy atom. The van der Waals surface area contributed by atoms with Crippen molar-refractivity contribution in [3.05, 3.63) is 36.0 Å². The zero-order valence-electron chi connectivity index (χ0n) is 31.4. The van der Waals surface area contributed by atoms with E-state index in [9.17, 15) is 4.79 Å². The first-order chi connectivity index (χ1) is 20.8. The van der Waals surface area contributed by atoms with Crippen LogP contribution < -0.4 is 0 Å². The molecule has 1 aromatic carbocycles. The molecule has 46 heavy (non-hydrogen) atoms. The highest BCUT2D eigenvalue weighted by Crippen LogP contribution is 2.29. The van der Waals surface area contributed by atoms with Gasteiger partial charge in [-0.05, 0) is 96.4 Å². The molecule has 0 N–H and O–H groups in total. The van der Waals surface area contributed by atoms with E-state index in [-0.39, 0.29) is 19.0 Å². The van der Waals surface area contributed by atoms with Gasteiger partial charge in [-0.15, -0.1) is 0 Å². The van der Waals surface area contributed by atoms with Gasteiger partial charge in [-0.3, -0.25) is 4.79 Å². The van der Waals surface area contributed by atoms with Crippen LogP contribution in [0.3, 0.4) is 0 Å². The average molecular weight is 727 g/mol. The lowest BCUT2D eigenvalue weighted by molar-refractivity contribution is -0.149. The first-order valence-corrected chi connectivity index (χ1v) is 33.4. The molecule has 4 atom stereocenters. The number of nitrogens with zero attached hydrogens (tertiary/aromatic N) is 2. The summed E-state index contributed by atoms with van der Waals surface area (Å²) in [6.45, 7) is 32.6. The molecular weight excluding hydrogens is 665 g/mol. The van der Waals surface area contributed by atoms with Gasteiger partial charge >= 0.3 is 5.97 Å². The van der Waals surface area contributed by atoms with Gasteiger partial charge in [0.15, 0.2) is 41.5 Å². The molecule has 0 fully saturated rings. The van der Waals surface area contributed by atoms with Gasteiger partial charge in [0.05, 0.1) is 12.6 Å². The van der Waals surface area contributed by atoms with Crippen molar-refractivity contribution < 1.29 is 32.1 Å². The minimum atomic E-state index is -2.18. The third kappa shape index (κ3) is 14.0. The smallest absolute Gasteiger partial charge is 0.310 e. The summed E-state index contributed by atoms with van der Waals surface area (Å²) >= 11 is 0. The van der Waals surface area contributed by atoms with Crippen LogP contribution in [0, 0.1) is 0 Å². The molecule has 262 valence electrons. The zero-order valence-corrected chi connectivity index (χ0v) is 36.4. The number of hydrogen-bond donors (Lipinski definition) is 0. The number of oxime groups is 1. The molecule has 1 aromatic heterocycles. The predicted octanol–water partition coefficient (Wildman–Crippen LogP) is 7.92. The van der Waals surface area contributed by atoms with Crippen molar-refractivity contribution in [2.45, 2.75) is 129 Å². The average Bonchev–Trinajstić information content (AvgIpc) is 3.23. The second-order valence-corrected chi connectivity index (χ2v) is 39.5. The second kappa shape index (κ2) is 15.9. The number of carbonyl (C=O) groups excluding carboxylic acids is 1. The third-order valence-electron chi connectivity index (χ3n) is 6.56.